The summed E-state index contributed by atoms with van der Waals surface area (Å²) in [6, 6.07) is 2.14. The number of hydrogen-bond donors (Lipinski definition) is 2. The lowest BCUT2D eigenvalue weighted by Gasteiger charge is -2.18. The highest BCUT2D eigenvalue weighted by Crippen LogP contribution is 2.36. The van der Waals surface area contributed by atoms with Gasteiger partial charge in [-0.25, -0.2) is 0 Å². The lowest BCUT2D eigenvalue weighted by atomic mass is 9.90. The number of carbonyl (C=O) groups excluding carboxylic acids is 1. The summed E-state index contributed by atoms with van der Waals surface area (Å²) < 4.78 is 5.78. The maximum absolute atomic E-state index is 11.1. The Morgan fingerprint density at radius 2 is 2.21 bits per heavy atom. The van der Waals surface area contributed by atoms with Crippen LogP contribution in [0.3, 0.4) is 0 Å². The van der Waals surface area contributed by atoms with Crippen molar-refractivity contribution in [2.45, 2.75) is 70.5 Å². The molecule has 4 atom stereocenters. The first-order chi connectivity index (χ1) is 13.9. The SMILES string of the molecule is COC(=O)CCCC=CCC1C(O)CC[C@@H]1C=C[C@@H](O)CCc1cc(Br)c(C)s1. The summed E-state index contributed by atoms with van der Waals surface area (Å²) in [7, 11) is 1.41. The van der Waals surface area contributed by atoms with Crippen LogP contribution >= 0.6 is 27.3 Å². The van der Waals surface area contributed by atoms with Crippen molar-refractivity contribution in [1.82, 2.24) is 0 Å². The lowest BCUT2D eigenvalue weighted by molar-refractivity contribution is -0.140. The minimum Gasteiger partial charge on any atom is -0.469 e. The maximum Gasteiger partial charge on any atom is 0.305 e. The normalized spacial score (nSPS) is 23.3. The van der Waals surface area contributed by atoms with Gasteiger partial charge in [0.05, 0.1) is 19.3 Å². The number of aliphatic hydroxyl groups excluding tert-OH is 2. The van der Waals surface area contributed by atoms with Gasteiger partial charge in [-0.2, -0.15) is 0 Å². The molecule has 0 bridgehead atoms. The van der Waals surface area contributed by atoms with E-state index in [0.717, 1.165) is 43.0 Å². The second kappa shape index (κ2) is 12.7. The highest BCUT2D eigenvalue weighted by atomic mass is 79.9. The van der Waals surface area contributed by atoms with Crippen LogP contribution in [0.25, 0.3) is 0 Å². The van der Waals surface area contributed by atoms with E-state index >= 15 is 0 Å². The number of hydrogen-bond acceptors (Lipinski definition) is 5. The summed E-state index contributed by atoms with van der Waals surface area (Å²) >= 11 is 5.31. The zero-order valence-corrected chi connectivity index (χ0v) is 19.8. The zero-order valence-electron chi connectivity index (χ0n) is 17.4. The molecule has 0 saturated heterocycles. The second-order valence-corrected chi connectivity index (χ2v) is 9.95. The average molecular weight is 485 g/mol. The molecule has 6 heteroatoms. The third kappa shape index (κ3) is 8.36. The van der Waals surface area contributed by atoms with Crippen LogP contribution in [0, 0.1) is 18.8 Å². The van der Waals surface area contributed by atoms with Crippen LogP contribution in [-0.2, 0) is 16.0 Å². The van der Waals surface area contributed by atoms with Gasteiger partial charge in [0.25, 0.3) is 0 Å². The number of carbonyl (C=O) groups is 1. The van der Waals surface area contributed by atoms with E-state index in [-0.39, 0.29) is 18.0 Å². The fourth-order valence-corrected chi connectivity index (χ4v) is 5.40. The summed E-state index contributed by atoms with van der Waals surface area (Å²) in [4.78, 5) is 13.7. The average Bonchev–Trinajstić information content (AvgIpc) is 3.22. The summed E-state index contributed by atoms with van der Waals surface area (Å²) in [6.07, 6.45) is 13.7. The lowest BCUT2D eigenvalue weighted by Crippen LogP contribution is -2.17. The number of aliphatic hydroxyl groups is 2. The third-order valence-electron chi connectivity index (χ3n) is 5.57. The molecular weight excluding hydrogens is 452 g/mol. The highest BCUT2D eigenvalue weighted by molar-refractivity contribution is 9.10. The molecule has 0 aliphatic heterocycles. The first kappa shape index (κ1) is 24.3. The molecule has 4 nitrogen and oxygen atoms in total. The molecule has 1 aliphatic rings. The van der Waals surface area contributed by atoms with E-state index in [9.17, 15) is 15.0 Å². The Bertz CT molecular complexity index is 678. The van der Waals surface area contributed by atoms with Crippen LogP contribution in [0.2, 0.25) is 0 Å². The van der Waals surface area contributed by atoms with E-state index in [1.54, 1.807) is 11.3 Å². The van der Waals surface area contributed by atoms with Crippen molar-refractivity contribution >= 4 is 33.2 Å². The van der Waals surface area contributed by atoms with Gasteiger partial charge in [-0.05, 0) is 85.7 Å². The van der Waals surface area contributed by atoms with Gasteiger partial charge in [-0.1, -0.05) is 24.3 Å². The van der Waals surface area contributed by atoms with Gasteiger partial charge in [0.15, 0.2) is 0 Å². The van der Waals surface area contributed by atoms with Gasteiger partial charge < -0.3 is 14.9 Å². The quantitative estimate of drug-likeness (QED) is 0.252. The first-order valence-electron chi connectivity index (χ1n) is 10.4. The highest BCUT2D eigenvalue weighted by Gasteiger charge is 2.32. The number of thiophene rings is 1. The Balaban J connectivity index is 1.75. The van der Waals surface area contributed by atoms with Gasteiger partial charge in [0, 0.05) is 20.6 Å². The van der Waals surface area contributed by atoms with Crippen LogP contribution in [0.5, 0.6) is 0 Å². The fourth-order valence-electron chi connectivity index (χ4n) is 3.78. The van der Waals surface area contributed by atoms with E-state index in [1.807, 2.05) is 6.08 Å². The first-order valence-corrected chi connectivity index (χ1v) is 12.0. The van der Waals surface area contributed by atoms with Crippen LogP contribution in [0.4, 0.5) is 0 Å². The van der Waals surface area contributed by atoms with Crippen LogP contribution in [0.15, 0.2) is 34.8 Å². The van der Waals surface area contributed by atoms with Gasteiger partial charge in [-0.3, -0.25) is 4.79 Å². The Morgan fingerprint density at radius 3 is 2.90 bits per heavy atom. The van der Waals surface area contributed by atoms with Crippen LogP contribution < -0.4 is 0 Å². The Hall–Kier alpha value is -0.950. The Morgan fingerprint density at radius 1 is 1.41 bits per heavy atom. The van der Waals surface area contributed by atoms with Crippen LogP contribution in [0.1, 0.15) is 54.7 Å². The number of rotatable bonds is 11. The molecule has 1 fully saturated rings. The third-order valence-corrected chi connectivity index (χ3v) is 7.77. The van der Waals surface area contributed by atoms with Gasteiger partial charge in [-0.15, -0.1) is 11.3 Å². The van der Waals surface area contributed by atoms with E-state index in [1.165, 1.54) is 16.9 Å². The molecule has 0 aromatic carbocycles. The topological polar surface area (TPSA) is 66.8 Å². The van der Waals surface area contributed by atoms with Gasteiger partial charge in [0.2, 0.25) is 0 Å². The van der Waals surface area contributed by atoms with Crippen molar-refractivity contribution in [3.05, 3.63) is 44.6 Å². The summed E-state index contributed by atoms with van der Waals surface area (Å²) in [5.74, 6) is 0.332. The summed E-state index contributed by atoms with van der Waals surface area (Å²) in [5.41, 5.74) is 0. The van der Waals surface area contributed by atoms with Crippen molar-refractivity contribution in [2.24, 2.45) is 11.8 Å². The van der Waals surface area contributed by atoms with Crippen LogP contribution in [-0.4, -0.2) is 35.5 Å². The molecule has 2 N–H and O–H groups in total. The molecule has 1 aromatic rings. The summed E-state index contributed by atoms with van der Waals surface area (Å²) in [6.45, 7) is 2.09. The zero-order chi connectivity index (χ0) is 21.2. The molecule has 1 saturated carbocycles. The van der Waals surface area contributed by atoms with Crippen molar-refractivity contribution in [3.8, 4) is 0 Å². The number of allylic oxidation sites excluding steroid dienone is 3. The molecule has 0 amide bonds. The van der Waals surface area contributed by atoms with E-state index in [0.29, 0.717) is 18.8 Å². The molecule has 162 valence electrons. The molecule has 0 radical (unpaired) electrons. The van der Waals surface area contributed by atoms with Crippen molar-refractivity contribution < 1.29 is 19.7 Å². The number of aryl methyl sites for hydroxylation is 2. The van der Waals surface area contributed by atoms with Gasteiger partial charge >= 0.3 is 5.97 Å². The summed E-state index contributed by atoms with van der Waals surface area (Å²) in [5, 5.41) is 20.6. The fraction of sp³-hybridized carbons (Fsp3) is 0.609. The molecule has 2 rings (SSSR count). The maximum atomic E-state index is 11.1. The van der Waals surface area contributed by atoms with Gasteiger partial charge in [0.1, 0.15) is 0 Å². The molecule has 0 spiro atoms. The van der Waals surface area contributed by atoms with Crippen molar-refractivity contribution in [3.63, 3.8) is 0 Å². The number of unbranched alkanes of at least 4 members (excludes halogenated alkanes) is 1. The number of methoxy groups -OCH3 is 1. The standard InChI is InChI=1S/C23H33BrO4S/c1-16-21(24)15-19(29-16)13-12-18(25)11-9-17-10-14-22(26)20(17)7-5-3-4-6-8-23(27)28-2/h3,5,9,11,15,17-18,20,22,25-26H,4,6-8,10,12-14H2,1-2H3/t17-,18+,20?,22?/m0/s1. The molecule has 29 heavy (non-hydrogen) atoms. The minimum absolute atomic E-state index is 0.171. The van der Waals surface area contributed by atoms with Crippen molar-refractivity contribution in [2.75, 3.05) is 7.11 Å². The predicted molar refractivity (Wildman–Crippen MR) is 122 cm³/mol. The Labute approximate surface area is 186 Å². The molecular formula is C23H33BrO4S. The minimum atomic E-state index is -0.455. The van der Waals surface area contributed by atoms with E-state index < -0.39 is 6.10 Å². The predicted octanol–water partition coefficient (Wildman–Crippen LogP) is 5.35. The van der Waals surface area contributed by atoms with E-state index in [2.05, 4.69) is 51.9 Å². The number of halogens is 1. The van der Waals surface area contributed by atoms with Crippen molar-refractivity contribution in [1.29, 1.82) is 0 Å². The van der Waals surface area contributed by atoms with E-state index in [4.69, 9.17) is 0 Å². The Kier molecular flexibility index (Phi) is 10.6. The molecule has 2 unspecified atom stereocenters. The number of ether oxygens (including phenoxy) is 1. The second-order valence-electron chi connectivity index (χ2n) is 7.76. The smallest absolute Gasteiger partial charge is 0.305 e. The number of esters is 1. The molecule has 1 aliphatic carbocycles. The largest absolute Gasteiger partial charge is 0.469 e. The molecule has 1 heterocycles. The molecule has 1 aromatic heterocycles. The monoisotopic (exact) mass is 484 g/mol.